The van der Waals surface area contributed by atoms with Gasteiger partial charge in [0.2, 0.25) is 0 Å². The summed E-state index contributed by atoms with van der Waals surface area (Å²) in [5.74, 6) is -0.700. The molecule has 1 rings (SSSR count). The van der Waals surface area contributed by atoms with E-state index < -0.39 is 10.7 Å². The third-order valence-corrected chi connectivity index (χ3v) is 2.85. The summed E-state index contributed by atoms with van der Waals surface area (Å²) in [4.78, 5) is 10.5. The lowest BCUT2D eigenvalue weighted by molar-refractivity contribution is -0.141. The maximum atomic E-state index is 10.5. The Bertz CT molecular complexity index is 127. The van der Waals surface area contributed by atoms with Crippen LogP contribution in [0.5, 0.6) is 0 Å². The molecule has 52 valence electrons. The molecule has 0 aromatic carbocycles. The third kappa shape index (κ3) is 0.923. The largest absolute Gasteiger partial charge is 0.480 e. The SMILES string of the molecule is CSC1(C(=O)O)CNC1. The molecule has 0 unspecified atom stereocenters. The summed E-state index contributed by atoms with van der Waals surface area (Å²) >= 11 is 1.41. The quantitative estimate of drug-likeness (QED) is 0.566. The van der Waals surface area contributed by atoms with Crippen LogP contribution in [0.4, 0.5) is 0 Å². The molecule has 3 nitrogen and oxygen atoms in total. The number of hydrogen-bond donors (Lipinski definition) is 2. The number of carbonyl (C=O) groups is 1. The lowest BCUT2D eigenvalue weighted by atomic mass is 10.0. The lowest BCUT2D eigenvalue weighted by Gasteiger charge is -2.36. The van der Waals surface area contributed by atoms with Gasteiger partial charge < -0.3 is 10.4 Å². The van der Waals surface area contributed by atoms with Crippen molar-refractivity contribution in [3.8, 4) is 0 Å². The number of thioether (sulfide) groups is 1. The van der Waals surface area contributed by atoms with Gasteiger partial charge >= 0.3 is 5.97 Å². The van der Waals surface area contributed by atoms with Crippen molar-refractivity contribution < 1.29 is 9.90 Å². The Morgan fingerprint density at radius 1 is 1.78 bits per heavy atom. The van der Waals surface area contributed by atoms with E-state index in [0.29, 0.717) is 13.1 Å². The fourth-order valence-corrected chi connectivity index (χ4v) is 1.40. The van der Waals surface area contributed by atoms with Crippen LogP contribution in [0.15, 0.2) is 0 Å². The maximum absolute atomic E-state index is 10.5. The predicted octanol–water partition coefficient (Wildman–Crippen LogP) is -0.224. The van der Waals surface area contributed by atoms with Gasteiger partial charge in [0, 0.05) is 13.1 Å². The molecule has 0 spiro atoms. The van der Waals surface area contributed by atoms with Crippen LogP contribution >= 0.6 is 11.8 Å². The summed E-state index contributed by atoms with van der Waals surface area (Å²) in [6, 6.07) is 0. The Labute approximate surface area is 57.8 Å². The highest BCUT2D eigenvalue weighted by molar-refractivity contribution is 8.00. The van der Waals surface area contributed by atoms with Crippen LogP contribution in [0.1, 0.15) is 0 Å². The first-order valence-corrected chi connectivity index (χ1v) is 3.93. The van der Waals surface area contributed by atoms with Gasteiger partial charge in [-0.3, -0.25) is 4.79 Å². The van der Waals surface area contributed by atoms with Gasteiger partial charge in [-0.15, -0.1) is 11.8 Å². The molecule has 0 amide bonds. The number of hydrogen-bond acceptors (Lipinski definition) is 3. The van der Waals surface area contributed by atoms with Gasteiger partial charge in [0.15, 0.2) is 0 Å². The Hall–Kier alpha value is -0.220. The summed E-state index contributed by atoms with van der Waals surface area (Å²) < 4.78 is -0.514. The van der Waals surface area contributed by atoms with Crippen LogP contribution < -0.4 is 5.32 Å². The van der Waals surface area contributed by atoms with Crippen molar-refractivity contribution in [1.29, 1.82) is 0 Å². The Morgan fingerprint density at radius 3 is 2.33 bits per heavy atom. The molecule has 0 radical (unpaired) electrons. The first kappa shape index (κ1) is 6.89. The smallest absolute Gasteiger partial charge is 0.322 e. The molecule has 1 aliphatic rings. The topological polar surface area (TPSA) is 49.3 Å². The summed E-state index contributed by atoms with van der Waals surface area (Å²) in [6.07, 6.45) is 1.83. The second kappa shape index (κ2) is 2.19. The second-order valence-corrected chi connectivity index (χ2v) is 3.30. The fourth-order valence-electron chi connectivity index (χ4n) is 0.735. The zero-order valence-corrected chi connectivity index (χ0v) is 5.99. The van der Waals surface area contributed by atoms with Crippen molar-refractivity contribution in [2.45, 2.75) is 4.75 Å². The Kier molecular flexibility index (Phi) is 1.68. The lowest BCUT2D eigenvalue weighted by Crippen LogP contribution is -2.61. The molecule has 4 heteroatoms. The van der Waals surface area contributed by atoms with Crippen LogP contribution in [0.25, 0.3) is 0 Å². The number of nitrogens with one attached hydrogen (secondary N) is 1. The maximum Gasteiger partial charge on any atom is 0.322 e. The van der Waals surface area contributed by atoms with Crippen molar-refractivity contribution in [2.75, 3.05) is 19.3 Å². The molecule has 0 bridgehead atoms. The molecule has 1 fully saturated rings. The molecule has 1 aliphatic heterocycles. The highest BCUT2D eigenvalue weighted by Crippen LogP contribution is 2.26. The van der Waals surface area contributed by atoms with Gasteiger partial charge in [0.05, 0.1) is 0 Å². The second-order valence-electron chi connectivity index (χ2n) is 2.11. The molecule has 0 atom stereocenters. The molecule has 1 saturated heterocycles. The van der Waals surface area contributed by atoms with Crippen molar-refractivity contribution in [3.05, 3.63) is 0 Å². The highest BCUT2D eigenvalue weighted by atomic mass is 32.2. The van der Waals surface area contributed by atoms with Crippen molar-refractivity contribution in [1.82, 2.24) is 5.32 Å². The summed E-state index contributed by atoms with van der Waals surface area (Å²) in [6.45, 7) is 1.20. The van der Waals surface area contributed by atoms with Gasteiger partial charge in [0.1, 0.15) is 4.75 Å². The van der Waals surface area contributed by atoms with E-state index in [1.807, 2.05) is 6.26 Å². The molecule has 9 heavy (non-hydrogen) atoms. The molecule has 1 heterocycles. The van der Waals surface area contributed by atoms with E-state index in [4.69, 9.17) is 5.11 Å². The molecule has 0 aromatic rings. The zero-order valence-electron chi connectivity index (χ0n) is 5.18. The summed E-state index contributed by atoms with van der Waals surface area (Å²) in [5.41, 5.74) is 0. The van der Waals surface area contributed by atoms with Crippen molar-refractivity contribution in [2.24, 2.45) is 0 Å². The van der Waals surface area contributed by atoms with Gasteiger partial charge in [-0.2, -0.15) is 0 Å². The van der Waals surface area contributed by atoms with E-state index in [1.54, 1.807) is 0 Å². The average molecular weight is 147 g/mol. The van der Waals surface area contributed by atoms with Crippen molar-refractivity contribution in [3.63, 3.8) is 0 Å². The molecule has 0 aromatic heterocycles. The van der Waals surface area contributed by atoms with E-state index in [-0.39, 0.29) is 0 Å². The van der Waals surface area contributed by atoms with Gasteiger partial charge in [-0.1, -0.05) is 0 Å². The third-order valence-electron chi connectivity index (χ3n) is 1.60. The highest BCUT2D eigenvalue weighted by Gasteiger charge is 2.43. The molecular formula is C5H9NO2S. The number of rotatable bonds is 2. The standard InChI is InChI=1S/C5H9NO2S/c1-9-5(4(7)8)2-6-3-5/h6H,2-3H2,1H3,(H,7,8). The van der Waals surface area contributed by atoms with Gasteiger partial charge in [-0.25, -0.2) is 0 Å². The first-order valence-electron chi connectivity index (χ1n) is 2.70. The minimum absolute atomic E-state index is 0.514. The average Bonchev–Trinajstić information content (AvgIpc) is 1.62. The van der Waals surface area contributed by atoms with E-state index in [9.17, 15) is 4.79 Å². The van der Waals surface area contributed by atoms with Gasteiger partial charge in [-0.05, 0) is 6.26 Å². The number of carboxylic acid groups (broad SMARTS) is 1. The van der Waals surface area contributed by atoms with Crippen LogP contribution in [0.3, 0.4) is 0 Å². The van der Waals surface area contributed by atoms with E-state index in [2.05, 4.69) is 5.32 Å². The van der Waals surface area contributed by atoms with Crippen LogP contribution in [0.2, 0.25) is 0 Å². The zero-order chi connectivity index (χ0) is 6.91. The van der Waals surface area contributed by atoms with Gasteiger partial charge in [0.25, 0.3) is 0 Å². The van der Waals surface area contributed by atoms with Crippen LogP contribution in [-0.2, 0) is 4.79 Å². The normalized spacial score (nSPS) is 22.8. The fraction of sp³-hybridized carbons (Fsp3) is 0.800. The summed E-state index contributed by atoms with van der Waals surface area (Å²) in [5, 5.41) is 11.6. The first-order chi connectivity index (χ1) is 4.21. The monoisotopic (exact) mass is 147 g/mol. The molecule has 0 saturated carbocycles. The number of carboxylic acids is 1. The van der Waals surface area contributed by atoms with E-state index in [1.165, 1.54) is 11.8 Å². The van der Waals surface area contributed by atoms with E-state index >= 15 is 0 Å². The minimum atomic E-state index is -0.700. The Balaban J connectivity index is 2.57. The molecule has 0 aliphatic carbocycles. The minimum Gasteiger partial charge on any atom is -0.480 e. The van der Waals surface area contributed by atoms with Crippen molar-refractivity contribution >= 4 is 17.7 Å². The van der Waals surface area contributed by atoms with Crippen LogP contribution in [0, 0.1) is 0 Å². The Morgan fingerprint density at radius 2 is 2.33 bits per heavy atom. The molecule has 2 N–H and O–H groups in total. The van der Waals surface area contributed by atoms with Crippen LogP contribution in [-0.4, -0.2) is 35.2 Å². The summed E-state index contributed by atoms with van der Waals surface area (Å²) in [7, 11) is 0. The number of aliphatic carboxylic acids is 1. The van der Waals surface area contributed by atoms with E-state index in [0.717, 1.165) is 0 Å². The molecular weight excluding hydrogens is 138 g/mol. The predicted molar refractivity (Wildman–Crippen MR) is 36.8 cm³/mol.